The zero-order valence-electron chi connectivity index (χ0n) is 15.1. The molecule has 0 spiro atoms. The Kier molecular flexibility index (Phi) is 7.39. The van der Waals surface area contributed by atoms with E-state index in [1.807, 2.05) is 0 Å². The van der Waals surface area contributed by atoms with Gasteiger partial charge in [-0.15, -0.1) is 0 Å². The highest BCUT2D eigenvalue weighted by Gasteiger charge is 2.51. The number of nitrogens with one attached hydrogen (secondary N) is 1. The minimum Gasteiger partial charge on any atom is -0.462 e. The first kappa shape index (κ1) is 20.8. The van der Waals surface area contributed by atoms with Crippen LogP contribution in [-0.2, 0) is 19.1 Å². The number of hydrogen-bond donors (Lipinski definition) is 1. The lowest BCUT2D eigenvalue weighted by molar-refractivity contribution is -0.150. The Morgan fingerprint density at radius 3 is 2.68 bits per heavy atom. The number of rotatable bonds is 8. The molecule has 0 aliphatic heterocycles. The summed E-state index contributed by atoms with van der Waals surface area (Å²) >= 11 is 0. The summed E-state index contributed by atoms with van der Waals surface area (Å²) in [5, 5.41) is 2.43. The Bertz CT molecular complexity index is 825. The van der Waals surface area contributed by atoms with Crippen LogP contribution in [0.1, 0.15) is 24.8 Å². The summed E-state index contributed by atoms with van der Waals surface area (Å²) < 4.78 is 10.2. The monoisotopic (exact) mass is 385 g/mol. The smallest absolute Gasteiger partial charge is 0.412 e. The number of ether oxygens (including phenoxy) is 2. The van der Waals surface area contributed by atoms with E-state index in [-0.39, 0.29) is 19.6 Å². The number of carbonyl (C=O) groups excluding carboxylic acids is 4. The van der Waals surface area contributed by atoms with Crippen molar-refractivity contribution < 1.29 is 28.7 Å². The van der Waals surface area contributed by atoms with E-state index in [9.17, 15) is 19.2 Å². The number of benzene rings is 1. The lowest BCUT2D eigenvalue weighted by Crippen LogP contribution is -2.45. The summed E-state index contributed by atoms with van der Waals surface area (Å²) in [6, 6.07) is 5.90. The molecule has 9 nitrogen and oxygen atoms in total. The molecule has 146 valence electrons. The van der Waals surface area contributed by atoms with Crippen molar-refractivity contribution in [3.05, 3.63) is 36.4 Å². The molecule has 1 amide bonds. The third kappa shape index (κ3) is 5.01. The maximum Gasteiger partial charge on any atom is 0.412 e. The topological polar surface area (TPSA) is 123 Å². The van der Waals surface area contributed by atoms with Crippen molar-refractivity contribution in [1.29, 1.82) is 0 Å². The second-order valence-corrected chi connectivity index (χ2v) is 5.98. The predicted molar refractivity (Wildman–Crippen MR) is 98.1 cm³/mol. The highest BCUT2D eigenvalue weighted by molar-refractivity contribution is 5.84. The predicted octanol–water partition coefficient (Wildman–Crippen LogP) is 1.92. The Morgan fingerprint density at radius 1 is 1.29 bits per heavy atom. The molecule has 2 rings (SSSR count). The molecule has 1 fully saturated rings. The zero-order chi connectivity index (χ0) is 20.4. The van der Waals surface area contributed by atoms with E-state index in [1.54, 1.807) is 30.3 Å². The van der Waals surface area contributed by atoms with Gasteiger partial charge >= 0.3 is 12.1 Å². The van der Waals surface area contributed by atoms with Crippen molar-refractivity contribution >= 4 is 30.3 Å². The Morgan fingerprint density at radius 2 is 2.04 bits per heavy atom. The fourth-order valence-corrected chi connectivity index (χ4v) is 2.94. The van der Waals surface area contributed by atoms with E-state index in [0.717, 1.165) is 5.56 Å². The molecule has 0 radical (unpaired) electrons. The van der Waals surface area contributed by atoms with Gasteiger partial charge in [-0.25, -0.2) is 19.2 Å². The molecule has 1 aromatic rings. The van der Waals surface area contributed by atoms with E-state index in [1.165, 1.54) is 12.2 Å². The second kappa shape index (κ2) is 9.97. The van der Waals surface area contributed by atoms with Crippen LogP contribution < -0.4 is 10.1 Å². The lowest BCUT2D eigenvalue weighted by Gasteiger charge is -2.24. The summed E-state index contributed by atoms with van der Waals surface area (Å²) in [5.41, 5.74) is -0.678. The number of amides is 1. The van der Waals surface area contributed by atoms with Crippen molar-refractivity contribution in [2.45, 2.75) is 30.8 Å². The van der Waals surface area contributed by atoms with E-state index in [2.05, 4.69) is 21.9 Å². The number of nitrogens with zero attached hydrogens (tertiary/aromatic N) is 2. The van der Waals surface area contributed by atoms with Crippen LogP contribution in [0.2, 0.25) is 0 Å². The van der Waals surface area contributed by atoms with Gasteiger partial charge in [0.2, 0.25) is 12.2 Å². The van der Waals surface area contributed by atoms with Gasteiger partial charge in [-0.05, 0) is 37.0 Å². The van der Waals surface area contributed by atoms with Crippen LogP contribution in [0.3, 0.4) is 0 Å². The van der Waals surface area contributed by atoms with Crippen molar-refractivity contribution in [3.8, 4) is 5.75 Å². The number of hydrogen-bond acceptors (Lipinski definition) is 8. The van der Waals surface area contributed by atoms with Gasteiger partial charge in [0.15, 0.2) is 5.54 Å². The molecule has 1 saturated carbocycles. The summed E-state index contributed by atoms with van der Waals surface area (Å²) in [6.07, 6.45) is 4.86. The van der Waals surface area contributed by atoms with Gasteiger partial charge in [0.1, 0.15) is 12.4 Å². The third-order valence-corrected chi connectivity index (χ3v) is 4.32. The summed E-state index contributed by atoms with van der Waals surface area (Å²) in [6.45, 7) is 3.45. The number of isocyanates is 2. The number of esters is 1. The Hall–Kier alpha value is -3.54. The van der Waals surface area contributed by atoms with Crippen LogP contribution >= 0.6 is 0 Å². The van der Waals surface area contributed by atoms with Crippen LogP contribution in [0.4, 0.5) is 4.79 Å². The molecule has 2 atom stereocenters. The van der Waals surface area contributed by atoms with Gasteiger partial charge in [0, 0.05) is 0 Å². The summed E-state index contributed by atoms with van der Waals surface area (Å²) in [7, 11) is 0. The molecule has 1 N–H and O–H groups in total. The first-order valence-corrected chi connectivity index (χ1v) is 8.57. The van der Waals surface area contributed by atoms with Crippen LogP contribution in [0.15, 0.2) is 40.8 Å². The quantitative estimate of drug-likeness (QED) is 0.316. The standard InChI is InChI=1S/C19H19N3O6/c1-2-14-5-7-15(8-6-14)28-18(26)20-10-11-27-17(25)19(22-13-24)9-3-4-16(19)21-12-23/h2,5-8,16H,1,3-4,9-11H2,(H,20,26). The highest BCUT2D eigenvalue weighted by atomic mass is 16.6. The van der Waals surface area contributed by atoms with Gasteiger partial charge in [-0.2, -0.15) is 9.98 Å². The Labute approximate surface area is 161 Å². The van der Waals surface area contributed by atoms with E-state index in [4.69, 9.17) is 9.47 Å². The lowest BCUT2D eigenvalue weighted by atomic mass is 9.94. The second-order valence-electron chi connectivity index (χ2n) is 5.98. The fourth-order valence-electron chi connectivity index (χ4n) is 2.94. The maximum atomic E-state index is 12.4. The highest BCUT2D eigenvalue weighted by Crippen LogP contribution is 2.36. The molecule has 0 aromatic heterocycles. The third-order valence-electron chi connectivity index (χ3n) is 4.32. The van der Waals surface area contributed by atoms with E-state index < -0.39 is 23.6 Å². The average Bonchev–Trinajstić information content (AvgIpc) is 3.10. The molecule has 0 heterocycles. The first-order valence-electron chi connectivity index (χ1n) is 8.57. The van der Waals surface area contributed by atoms with Gasteiger partial charge in [-0.3, -0.25) is 0 Å². The molecular formula is C19H19N3O6. The van der Waals surface area contributed by atoms with Gasteiger partial charge in [0.25, 0.3) is 0 Å². The minimum absolute atomic E-state index is 0.0161. The maximum absolute atomic E-state index is 12.4. The molecule has 1 aliphatic rings. The largest absolute Gasteiger partial charge is 0.462 e. The van der Waals surface area contributed by atoms with Crippen molar-refractivity contribution in [3.63, 3.8) is 0 Å². The van der Waals surface area contributed by atoms with Gasteiger partial charge in [-0.1, -0.05) is 24.8 Å². The molecule has 1 aromatic carbocycles. The van der Waals surface area contributed by atoms with Crippen LogP contribution in [-0.4, -0.2) is 49.0 Å². The number of aliphatic imine (C=N–C) groups is 2. The summed E-state index contributed by atoms with van der Waals surface area (Å²) in [4.78, 5) is 52.6. The van der Waals surface area contributed by atoms with E-state index in [0.29, 0.717) is 18.6 Å². The van der Waals surface area contributed by atoms with Crippen LogP contribution in [0.5, 0.6) is 5.75 Å². The number of carbonyl (C=O) groups is 2. The average molecular weight is 385 g/mol. The Balaban J connectivity index is 1.83. The van der Waals surface area contributed by atoms with Crippen LogP contribution in [0, 0.1) is 0 Å². The zero-order valence-corrected chi connectivity index (χ0v) is 15.1. The van der Waals surface area contributed by atoms with E-state index >= 15 is 0 Å². The van der Waals surface area contributed by atoms with Crippen molar-refractivity contribution in [2.24, 2.45) is 9.98 Å². The minimum atomic E-state index is -1.56. The van der Waals surface area contributed by atoms with Gasteiger partial charge < -0.3 is 14.8 Å². The molecule has 9 heteroatoms. The molecule has 0 bridgehead atoms. The molecule has 2 unspecified atom stereocenters. The normalized spacial score (nSPS) is 20.2. The fraction of sp³-hybridized carbons (Fsp3) is 0.368. The SMILES string of the molecule is C=Cc1ccc(OC(=O)NCCOC(=O)C2(N=C=O)CCCC2N=C=O)cc1. The molecule has 28 heavy (non-hydrogen) atoms. The summed E-state index contributed by atoms with van der Waals surface area (Å²) in [5.74, 6) is -0.451. The van der Waals surface area contributed by atoms with Crippen molar-refractivity contribution in [2.75, 3.05) is 13.2 Å². The van der Waals surface area contributed by atoms with Gasteiger partial charge in [0.05, 0.1) is 12.6 Å². The first-order chi connectivity index (χ1) is 13.6. The molecule has 0 saturated heterocycles. The van der Waals surface area contributed by atoms with Crippen LogP contribution in [0.25, 0.3) is 6.08 Å². The van der Waals surface area contributed by atoms with Crippen molar-refractivity contribution in [1.82, 2.24) is 5.32 Å². The molecule has 1 aliphatic carbocycles. The molecular weight excluding hydrogens is 366 g/mol.